The molecule has 0 heterocycles. The summed E-state index contributed by atoms with van der Waals surface area (Å²) in [5.74, 6) is -1.50. The Hall–Kier alpha value is -2.63. The number of hydrogen-bond donors (Lipinski definition) is 1. The maximum Gasteiger partial charge on any atom is 0.355 e. The highest BCUT2D eigenvalue weighted by atomic mass is 16.5. The van der Waals surface area contributed by atoms with E-state index in [1.807, 2.05) is 6.07 Å². The average molecular weight is 290 g/mol. The van der Waals surface area contributed by atoms with Gasteiger partial charge in [-0.3, -0.25) is 9.59 Å². The number of benzene rings is 1. The third-order valence-electron chi connectivity index (χ3n) is 2.47. The molecular formula is C15H18N2O4. The quantitative estimate of drug-likeness (QED) is 0.643. The highest BCUT2D eigenvalue weighted by molar-refractivity contribution is 5.98. The number of amides is 2. The number of nitrogens with zero attached hydrogens (tertiary/aromatic N) is 1. The van der Waals surface area contributed by atoms with Gasteiger partial charge in [0.1, 0.15) is 5.70 Å². The highest BCUT2D eigenvalue weighted by Gasteiger charge is 2.15. The van der Waals surface area contributed by atoms with E-state index in [1.54, 1.807) is 38.4 Å². The van der Waals surface area contributed by atoms with Crippen LogP contribution in [0.4, 0.5) is 0 Å². The van der Waals surface area contributed by atoms with Gasteiger partial charge < -0.3 is 15.0 Å². The van der Waals surface area contributed by atoms with Gasteiger partial charge in [-0.15, -0.1) is 0 Å². The molecule has 0 fully saturated rings. The molecule has 0 aromatic heterocycles. The van der Waals surface area contributed by atoms with Gasteiger partial charge in [0, 0.05) is 21.0 Å². The van der Waals surface area contributed by atoms with Gasteiger partial charge in [-0.05, 0) is 11.6 Å². The molecule has 1 aromatic rings. The van der Waals surface area contributed by atoms with Crippen molar-refractivity contribution in [3.8, 4) is 0 Å². The van der Waals surface area contributed by atoms with E-state index < -0.39 is 11.9 Å². The van der Waals surface area contributed by atoms with Crippen LogP contribution in [0.5, 0.6) is 0 Å². The van der Waals surface area contributed by atoms with Crippen molar-refractivity contribution >= 4 is 23.9 Å². The minimum Gasteiger partial charge on any atom is -0.451 e. The topological polar surface area (TPSA) is 75.7 Å². The van der Waals surface area contributed by atoms with Crippen LogP contribution in [0.25, 0.3) is 6.08 Å². The SMILES string of the molecule is CC(=O)N/C(=C/c1ccccc1)C(=O)OCC(=O)N(C)C. The Labute approximate surface area is 123 Å². The molecule has 0 spiro atoms. The molecule has 0 saturated carbocycles. The molecule has 112 valence electrons. The van der Waals surface area contributed by atoms with E-state index in [0.29, 0.717) is 0 Å². The van der Waals surface area contributed by atoms with Crippen molar-refractivity contribution < 1.29 is 19.1 Å². The number of esters is 1. The molecule has 2 amide bonds. The van der Waals surface area contributed by atoms with Crippen molar-refractivity contribution in [2.45, 2.75) is 6.92 Å². The van der Waals surface area contributed by atoms with Crippen LogP contribution in [-0.4, -0.2) is 43.4 Å². The Morgan fingerprint density at radius 1 is 1.19 bits per heavy atom. The molecule has 1 N–H and O–H groups in total. The number of carbonyl (C=O) groups is 3. The summed E-state index contributed by atoms with van der Waals surface area (Å²) in [4.78, 5) is 35.8. The van der Waals surface area contributed by atoms with Crippen LogP contribution in [0.2, 0.25) is 0 Å². The minimum absolute atomic E-state index is 0.0137. The van der Waals surface area contributed by atoms with Crippen molar-refractivity contribution in [2.24, 2.45) is 0 Å². The van der Waals surface area contributed by atoms with Crippen LogP contribution in [-0.2, 0) is 19.1 Å². The lowest BCUT2D eigenvalue weighted by Gasteiger charge is -2.12. The number of hydrogen-bond acceptors (Lipinski definition) is 4. The Morgan fingerprint density at radius 2 is 1.81 bits per heavy atom. The van der Waals surface area contributed by atoms with Crippen molar-refractivity contribution in [1.82, 2.24) is 10.2 Å². The molecule has 0 bridgehead atoms. The summed E-state index contributed by atoms with van der Waals surface area (Å²) in [7, 11) is 3.12. The van der Waals surface area contributed by atoms with E-state index in [2.05, 4.69) is 5.32 Å². The largest absolute Gasteiger partial charge is 0.451 e. The highest BCUT2D eigenvalue weighted by Crippen LogP contribution is 2.06. The van der Waals surface area contributed by atoms with Gasteiger partial charge in [-0.2, -0.15) is 0 Å². The standard InChI is InChI=1S/C15H18N2O4/c1-11(18)16-13(9-12-7-5-4-6-8-12)15(20)21-10-14(19)17(2)3/h4-9H,10H2,1-3H3,(H,16,18)/b13-9+. The van der Waals surface area contributed by atoms with Crippen molar-refractivity contribution in [1.29, 1.82) is 0 Å². The maximum absolute atomic E-state index is 11.9. The summed E-state index contributed by atoms with van der Waals surface area (Å²) < 4.78 is 4.89. The Bertz CT molecular complexity index is 550. The lowest BCUT2D eigenvalue weighted by atomic mass is 10.2. The van der Waals surface area contributed by atoms with E-state index in [-0.39, 0.29) is 18.2 Å². The van der Waals surface area contributed by atoms with Crippen LogP contribution in [0, 0.1) is 0 Å². The summed E-state index contributed by atoms with van der Waals surface area (Å²) >= 11 is 0. The van der Waals surface area contributed by atoms with E-state index in [1.165, 1.54) is 17.9 Å². The van der Waals surface area contributed by atoms with E-state index >= 15 is 0 Å². The number of nitrogens with one attached hydrogen (secondary N) is 1. The normalized spacial score (nSPS) is 10.7. The minimum atomic E-state index is -0.760. The zero-order chi connectivity index (χ0) is 15.8. The monoisotopic (exact) mass is 290 g/mol. The fourth-order valence-electron chi connectivity index (χ4n) is 1.39. The van der Waals surface area contributed by atoms with E-state index in [0.717, 1.165) is 5.56 Å². The van der Waals surface area contributed by atoms with E-state index in [4.69, 9.17) is 4.74 Å². The number of rotatable bonds is 5. The third-order valence-corrected chi connectivity index (χ3v) is 2.47. The first kappa shape index (κ1) is 16.4. The van der Waals surface area contributed by atoms with Crippen LogP contribution in [0.1, 0.15) is 12.5 Å². The Kier molecular flexibility index (Phi) is 6.13. The Morgan fingerprint density at radius 3 is 2.33 bits per heavy atom. The van der Waals surface area contributed by atoms with Crippen molar-refractivity contribution in [3.05, 3.63) is 41.6 Å². The molecule has 0 aliphatic carbocycles. The third kappa shape index (κ3) is 5.90. The zero-order valence-corrected chi connectivity index (χ0v) is 12.3. The summed E-state index contributed by atoms with van der Waals surface area (Å²) in [6.07, 6.45) is 1.49. The van der Waals surface area contributed by atoms with Gasteiger partial charge in [-0.1, -0.05) is 30.3 Å². The number of likely N-dealkylation sites (N-methyl/N-ethyl adjacent to an activating group) is 1. The number of carbonyl (C=O) groups excluding carboxylic acids is 3. The van der Waals surface area contributed by atoms with Gasteiger partial charge >= 0.3 is 5.97 Å². The van der Waals surface area contributed by atoms with Crippen LogP contribution < -0.4 is 5.32 Å². The van der Waals surface area contributed by atoms with Crippen LogP contribution in [0.3, 0.4) is 0 Å². The second kappa shape index (κ2) is 7.84. The lowest BCUT2D eigenvalue weighted by molar-refractivity contribution is -0.148. The van der Waals surface area contributed by atoms with Gasteiger partial charge in [0.2, 0.25) is 5.91 Å². The van der Waals surface area contributed by atoms with Crippen molar-refractivity contribution in [2.75, 3.05) is 20.7 Å². The second-order valence-electron chi connectivity index (χ2n) is 4.51. The first-order valence-electron chi connectivity index (χ1n) is 6.31. The fraction of sp³-hybridized carbons (Fsp3) is 0.267. The van der Waals surface area contributed by atoms with Crippen LogP contribution >= 0.6 is 0 Å². The number of ether oxygens (including phenoxy) is 1. The van der Waals surface area contributed by atoms with Gasteiger partial charge in [-0.25, -0.2) is 4.79 Å². The molecule has 0 atom stereocenters. The first-order chi connectivity index (χ1) is 9.90. The van der Waals surface area contributed by atoms with Gasteiger partial charge in [0.05, 0.1) is 0 Å². The lowest BCUT2D eigenvalue weighted by Crippen LogP contribution is -2.31. The molecular weight excluding hydrogens is 272 g/mol. The summed E-state index contributed by atoms with van der Waals surface area (Å²) in [5.41, 5.74) is 0.720. The smallest absolute Gasteiger partial charge is 0.355 e. The predicted molar refractivity (Wildman–Crippen MR) is 77.9 cm³/mol. The summed E-state index contributed by atoms with van der Waals surface area (Å²) in [6, 6.07) is 9.00. The second-order valence-corrected chi connectivity index (χ2v) is 4.51. The van der Waals surface area contributed by atoms with Crippen LogP contribution in [0.15, 0.2) is 36.0 Å². The Balaban J connectivity index is 2.83. The molecule has 1 aromatic carbocycles. The average Bonchev–Trinajstić information content (AvgIpc) is 2.44. The fourth-order valence-corrected chi connectivity index (χ4v) is 1.39. The van der Waals surface area contributed by atoms with E-state index in [9.17, 15) is 14.4 Å². The summed E-state index contributed by atoms with van der Waals surface area (Å²) in [6.45, 7) is 0.911. The molecule has 0 aliphatic rings. The molecule has 6 heteroatoms. The molecule has 0 saturated heterocycles. The zero-order valence-electron chi connectivity index (χ0n) is 12.3. The molecule has 0 radical (unpaired) electrons. The molecule has 1 rings (SSSR count). The molecule has 6 nitrogen and oxygen atoms in total. The van der Waals surface area contributed by atoms with Crippen molar-refractivity contribution in [3.63, 3.8) is 0 Å². The first-order valence-corrected chi connectivity index (χ1v) is 6.31. The predicted octanol–water partition coefficient (Wildman–Crippen LogP) is 0.795. The molecule has 0 aliphatic heterocycles. The van der Waals surface area contributed by atoms with Gasteiger partial charge in [0.25, 0.3) is 5.91 Å². The summed E-state index contributed by atoms with van der Waals surface area (Å²) in [5, 5.41) is 2.40. The maximum atomic E-state index is 11.9. The molecule has 0 unspecified atom stereocenters. The van der Waals surface area contributed by atoms with Gasteiger partial charge in [0.15, 0.2) is 6.61 Å². The molecule has 21 heavy (non-hydrogen) atoms.